The fourth-order valence-corrected chi connectivity index (χ4v) is 1.89. The molecule has 0 radical (unpaired) electrons. The summed E-state index contributed by atoms with van der Waals surface area (Å²) in [5.41, 5.74) is 3.93. The highest BCUT2D eigenvalue weighted by atomic mass is 35.5. The summed E-state index contributed by atoms with van der Waals surface area (Å²) in [5, 5.41) is 2.93. The van der Waals surface area contributed by atoms with E-state index in [1.54, 1.807) is 45.0 Å². The van der Waals surface area contributed by atoms with E-state index in [0.29, 0.717) is 17.2 Å². The van der Waals surface area contributed by atoms with Gasteiger partial charge in [-0.15, -0.1) is 0 Å². The first-order chi connectivity index (χ1) is 12.2. The van der Waals surface area contributed by atoms with Crippen LogP contribution in [0.2, 0.25) is 5.02 Å². The van der Waals surface area contributed by atoms with Crippen LogP contribution in [0, 0.1) is 0 Å². The van der Waals surface area contributed by atoms with Gasteiger partial charge in [0, 0.05) is 13.0 Å². The number of hydrazine groups is 1. The lowest BCUT2D eigenvalue weighted by Gasteiger charge is -2.19. The first-order valence-corrected chi connectivity index (χ1v) is 8.47. The van der Waals surface area contributed by atoms with E-state index in [9.17, 15) is 14.4 Å². The second-order valence-electron chi connectivity index (χ2n) is 6.35. The Labute approximate surface area is 157 Å². The minimum Gasteiger partial charge on any atom is -0.482 e. The molecule has 0 unspecified atom stereocenters. The Morgan fingerprint density at radius 2 is 1.73 bits per heavy atom. The lowest BCUT2D eigenvalue weighted by atomic mass is 10.2. The van der Waals surface area contributed by atoms with E-state index in [2.05, 4.69) is 16.2 Å². The molecular formula is C17H24ClN3O5. The van der Waals surface area contributed by atoms with Gasteiger partial charge in [0.2, 0.25) is 5.91 Å². The maximum Gasteiger partial charge on any atom is 0.407 e. The minimum absolute atomic E-state index is 0.126. The number of rotatable bonds is 7. The summed E-state index contributed by atoms with van der Waals surface area (Å²) in [6.45, 7) is 5.28. The van der Waals surface area contributed by atoms with Gasteiger partial charge >= 0.3 is 6.09 Å². The molecule has 144 valence electrons. The third kappa shape index (κ3) is 9.73. The van der Waals surface area contributed by atoms with Gasteiger partial charge in [0.25, 0.3) is 5.91 Å². The molecule has 0 heterocycles. The van der Waals surface area contributed by atoms with Crippen molar-refractivity contribution in [2.75, 3.05) is 13.2 Å². The molecule has 0 atom stereocenters. The number of benzene rings is 1. The smallest absolute Gasteiger partial charge is 0.407 e. The molecule has 0 saturated carbocycles. The first kappa shape index (κ1) is 21.6. The maximum absolute atomic E-state index is 11.6. The van der Waals surface area contributed by atoms with Gasteiger partial charge in [0.05, 0.1) is 5.02 Å². The van der Waals surface area contributed by atoms with E-state index < -0.39 is 17.6 Å². The average Bonchev–Trinajstić information content (AvgIpc) is 2.54. The lowest BCUT2D eigenvalue weighted by Crippen LogP contribution is -2.44. The van der Waals surface area contributed by atoms with E-state index in [4.69, 9.17) is 21.1 Å². The van der Waals surface area contributed by atoms with Gasteiger partial charge in [0.1, 0.15) is 11.4 Å². The minimum atomic E-state index is -0.572. The average molecular weight is 386 g/mol. The molecular weight excluding hydrogens is 362 g/mol. The molecule has 0 aromatic heterocycles. The fraction of sp³-hybridized carbons (Fsp3) is 0.471. The monoisotopic (exact) mass is 385 g/mol. The van der Waals surface area contributed by atoms with Crippen LogP contribution in [0.25, 0.3) is 0 Å². The zero-order valence-electron chi connectivity index (χ0n) is 15.1. The Balaban J connectivity index is 2.13. The van der Waals surface area contributed by atoms with Crippen molar-refractivity contribution < 1.29 is 23.9 Å². The molecule has 1 aromatic carbocycles. The van der Waals surface area contributed by atoms with Crippen molar-refractivity contribution in [3.8, 4) is 5.75 Å². The summed E-state index contributed by atoms with van der Waals surface area (Å²) in [6, 6.07) is 6.74. The number of hydrogen-bond acceptors (Lipinski definition) is 5. The Morgan fingerprint density at radius 1 is 1.08 bits per heavy atom. The Hall–Kier alpha value is -2.48. The van der Waals surface area contributed by atoms with E-state index in [1.165, 1.54) is 0 Å². The second kappa shape index (κ2) is 10.5. The van der Waals surface area contributed by atoms with Crippen LogP contribution in [0.4, 0.5) is 4.79 Å². The number of amides is 3. The van der Waals surface area contributed by atoms with Crippen molar-refractivity contribution in [1.29, 1.82) is 0 Å². The highest BCUT2D eigenvalue weighted by Gasteiger charge is 2.15. The number of alkyl carbamates (subject to hydrolysis) is 1. The predicted octanol–water partition coefficient (Wildman–Crippen LogP) is 2.17. The number of carbonyl (C=O) groups is 3. The Bertz CT molecular complexity index is 631. The highest BCUT2D eigenvalue weighted by molar-refractivity contribution is 6.32. The van der Waals surface area contributed by atoms with Crippen molar-refractivity contribution in [1.82, 2.24) is 16.2 Å². The van der Waals surface area contributed by atoms with Gasteiger partial charge in [-0.3, -0.25) is 20.4 Å². The number of hydrogen-bond donors (Lipinski definition) is 3. The molecule has 3 amide bonds. The lowest BCUT2D eigenvalue weighted by molar-refractivity contribution is -0.130. The molecule has 0 aliphatic heterocycles. The SMILES string of the molecule is CC(C)(C)OC(=O)NCCCC(=O)NNC(=O)COc1ccccc1Cl. The standard InChI is InChI=1S/C17H24ClN3O5/c1-17(2,3)26-16(24)19-10-6-9-14(22)20-21-15(23)11-25-13-8-5-4-7-12(13)18/h4-5,7-8H,6,9-11H2,1-3H3,(H,19,24)(H,20,22)(H,21,23). The second-order valence-corrected chi connectivity index (χ2v) is 6.75. The highest BCUT2D eigenvalue weighted by Crippen LogP contribution is 2.22. The van der Waals surface area contributed by atoms with Gasteiger partial charge < -0.3 is 14.8 Å². The summed E-state index contributed by atoms with van der Waals surface area (Å²) in [4.78, 5) is 34.7. The molecule has 0 bridgehead atoms. The molecule has 0 aliphatic carbocycles. The van der Waals surface area contributed by atoms with E-state index in [0.717, 1.165) is 0 Å². The third-order valence-corrected chi connectivity index (χ3v) is 3.10. The zero-order valence-corrected chi connectivity index (χ0v) is 15.8. The molecule has 26 heavy (non-hydrogen) atoms. The molecule has 8 nitrogen and oxygen atoms in total. The van der Waals surface area contributed by atoms with Crippen molar-refractivity contribution >= 4 is 29.5 Å². The van der Waals surface area contributed by atoms with Gasteiger partial charge in [-0.25, -0.2) is 4.79 Å². The summed E-state index contributed by atoms with van der Waals surface area (Å²) in [6.07, 6.45) is -0.0126. The van der Waals surface area contributed by atoms with Crippen LogP contribution in [0.5, 0.6) is 5.75 Å². The first-order valence-electron chi connectivity index (χ1n) is 8.09. The molecule has 0 spiro atoms. The molecule has 1 rings (SSSR count). The van der Waals surface area contributed by atoms with Crippen molar-refractivity contribution in [3.05, 3.63) is 29.3 Å². The molecule has 1 aromatic rings. The number of halogens is 1. The molecule has 9 heteroatoms. The molecule has 0 aliphatic rings. The van der Waals surface area contributed by atoms with E-state index in [1.807, 2.05) is 0 Å². The van der Waals surface area contributed by atoms with Crippen molar-refractivity contribution in [2.24, 2.45) is 0 Å². The Morgan fingerprint density at radius 3 is 2.38 bits per heavy atom. The zero-order chi connectivity index (χ0) is 19.6. The largest absolute Gasteiger partial charge is 0.482 e. The topological polar surface area (TPSA) is 106 Å². The third-order valence-electron chi connectivity index (χ3n) is 2.79. The van der Waals surface area contributed by atoms with Crippen LogP contribution in [0.3, 0.4) is 0 Å². The van der Waals surface area contributed by atoms with Crippen LogP contribution in [0.1, 0.15) is 33.6 Å². The van der Waals surface area contributed by atoms with Crippen LogP contribution in [-0.2, 0) is 14.3 Å². The number of ether oxygens (including phenoxy) is 2. The van der Waals surface area contributed by atoms with Crippen LogP contribution in [-0.4, -0.2) is 36.7 Å². The number of nitrogens with one attached hydrogen (secondary N) is 3. The maximum atomic E-state index is 11.6. The van der Waals surface area contributed by atoms with Gasteiger partial charge in [-0.05, 0) is 39.3 Å². The van der Waals surface area contributed by atoms with Gasteiger partial charge in [0.15, 0.2) is 6.61 Å². The number of para-hydroxylation sites is 1. The van der Waals surface area contributed by atoms with Crippen LogP contribution < -0.4 is 20.9 Å². The Kier molecular flexibility index (Phi) is 8.71. The molecule has 3 N–H and O–H groups in total. The van der Waals surface area contributed by atoms with Gasteiger partial charge in [-0.2, -0.15) is 0 Å². The summed E-state index contributed by atoms with van der Waals surface area (Å²) in [5.74, 6) is -0.531. The quantitative estimate of drug-likeness (QED) is 0.492. The van der Waals surface area contributed by atoms with Crippen molar-refractivity contribution in [2.45, 2.75) is 39.2 Å². The van der Waals surface area contributed by atoms with E-state index >= 15 is 0 Å². The predicted molar refractivity (Wildman–Crippen MR) is 96.7 cm³/mol. The van der Waals surface area contributed by atoms with Crippen molar-refractivity contribution in [3.63, 3.8) is 0 Å². The molecule has 0 fully saturated rings. The van der Waals surface area contributed by atoms with Crippen LogP contribution in [0.15, 0.2) is 24.3 Å². The number of carbonyl (C=O) groups excluding carboxylic acids is 3. The van der Waals surface area contributed by atoms with Crippen LogP contribution >= 0.6 is 11.6 Å². The van der Waals surface area contributed by atoms with E-state index in [-0.39, 0.29) is 25.5 Å². The normalized spacial score (nSPS) is 10.6. The summed E-state index contributed by atoms with van der Waals surface area (Å²) >= 11 is 5.90. The molecule has 0 saturated heterocycles. The van der Waals surface area contributed by atoms with Gasteiger partial charge in [-0.1, -0.05) is 23.7 Å². The summed E-state index contributed by atoms with van der Waals surface area (Å²) in [7, 11) is 0. The summed E-state index contributed by atoms with van der Waals surface area (Å²) < 4.78 is 10.3. The fourth-order valence-electron chi connectivity index (χ4n) is 1.70.